The van der Waals surface area contributed by atoms with Gasteiger partial charge in [-0.05, 0) is 0 Å². The van der Waals surface area contributed by atoms with Crippen molar-refractivity contribution in [1.82, 2.24) is 0 Å². The molecule has 0 aromatic rings. The quantitative estimate of drug-likeness (QED) is 0.511. The monoisotopic (exact) mass is 332 g/mol. The minimum absolute atomic E-state index is 0.472. The van der Waals surface area contributed by atoms with Crippen LogP contribution in [-0.4, -0.2) is 0 Å². The van der Waals surface area contributed by atoms with Crippen molar-refractivity contribution in [1.29, 1.82) is 0 Å². The normalized spacial score (nSPS) is 8.38. The van der Waals surface area contributed by atoms with E-state index in [-0.39, 0.29) is 0 Å². The van der Waals surface area contributed by atoms with Gasteiger partial charge in [-0.2, -0.15) is 6.08 Å². The molecule has 0 bridgehead atoms. The van der Waals surface area contributed by atoms with E-state index in [0.29, 0.717) is 0 Å². The molecule has 52 valence electrons. The van der Waals surface area contributed by atoms with Crippen molar-refractivity contribution in [3.05, 3.63) is 24.8 Å². The molecule has 0 N–H and O–H groups in total. The van der Waals surface area contributed by atoms with Crippen LogP contribution in [0.1, 0.15) is 6.92 Å². The molecule has 0 aliphatic heterocycles. The van der Waals surface area contributed by atoms with Crippen LogP contribution in [0.15, 0.2) is 18.2 Å². The van der Waals surface area contributed by atoms with Crippen LogP contribution in [0.4, 0.5) is 0 Å². The van der Waals surface area contributed by atoms with Gasteiger partial charge in [0.05, 0.1) is 0 Å². The van der Waals surface area contributed by atoms with Crippen LogP contribution in [0.5, 0.6) is 0 Å². The summed E-state index contributed by atoms with van der Waals surface area (Å²) in [5, 5.41) is 0. The fraction of sp³-hybridized carbons (Fsp3) is 0.200. The fourth-order valence-corrected chi connectivity index (χ4v) is 0.111. The van der Waals surface area contributed by atoms with Gasteiger partial charge >= 0.3 is 35.3 Å². The van der Waals surface area contributed by atoms with Gasteiger partial charge in [-0.25, -0.2) is 12.2 Å². The number of allylic oxidation sites excluding steroid dienone is 3. The van der Waals surface area contributed by atoms with Gasteiger partial charge in [0.15, 0.2) is 0 Å². The molecule has 0 saturated heterocycles. The Kier molecular flexibility index (Phi) is 22.6. The third-order valence-electron chi connectivity index (χ3n) is 0.304. The number of hydrogen-bond donors (Lipinski definition) is 0. The number of halogens is 2. The molecule has 0 spiro atoms. The van der Waals surface area contributed by atoms with Crippen molar-refractivity contribution < 1.29 is 16.5 Å². The van der Waals surface area contributed by atoms with E-state index in [1.54, 1.807) is 6.08 Å². The second-order valence-electron chi connectivity index (χ2n) is 0.763. The molecule has 0 amide bonds. The Morgan fingerprint density at radius 3 is 1.88 bits per heavy atom. The topological polar surface area (TPSA) is 0 Å². The zero-order chi connectivity index (χ0) is 6.83. The third kappa shape index (κ3) is 29.5. The van der Waals surface area contributed by atoms with Crippen molar-refractivity contribution in [2.45, 2.75) is 6.92 Å². The molecule has 0 aromatic carbocycles. The summed E-state index contributed by atoms with van der Waals surface area (Å²) in [6.45, 7) is 6.85. The van der Waals surface area contributed by atoms with E-state index in [1.807, 2.05) is 13.0 Å². The van der Waals surface area contributed by atoms with E-state index in [0.717, 1.165) is 0 Å². The van der Waals surface area contributed by atoms with E-state index in [4.69, 9.17) is 25.4 Å². The maximum atomic E-state index is 4.93. The number of rotatable bonds is 1. The van der Waals surface area contributed by atoms with Gasteiger partial charge in [0.1, 0.15) is 0 Å². The zero-order valence-corrected chi connectivity index (χ0v) is 8.17. The van der Waals surface area contributed by atoms with Crippen molar-refractivity contribution in [3.8, 4) is 0 Å². The zero-order valence-electron chi connectivity index (χ0n) is 4.38. The molecular weight excluding hydrogens is 326 g/mol. The van der Waals surface area contributed by atoms with Crippen LogP contribution in [0, 0.1) is 6.58 Å². The SMILES string of the molecule is [CH-]=CC=CC.[Cl][Pt][Cl]. The summed E-state index contributed by atoms with van der Waals surface area (Å²) < 4.78 is 0. The average molecular weight is 333 g/mol. The summed E-state index contributed by atoms with van der Waals surface area (Å²) in [6.07, 6.45) is 5.15. The first kappa shape index (κ1) is 11.5. The van der Waals surface area contributed by atoms with Crippen LogP contribution in [-0.2, 0) is 16.5 Å². The molecule has 0 heterocycles. The second-order valence-corrected chi connectivity index (χ2v) is 4.05. The van der Waals surface area contributed by atoms with Crippen molar-refractivity contribution in [2.24, 2.45) is 0 Å². The molecule has 0 nitrogen and oxygen atoms in total. The molecule has 0 aliphatic rings. The summed E-state index contributed by atoms with van der Waals surface area (Å²) in [6, 6.07) is 0. The molecule has 0 fully saturated rings. The summed E-state index contributed by atoms with van der Waals surface area (Å²) in [5.41, 5.74) is 0. The van der Waals surface area contributed by atoms with Crippen molar-refractivity contribution in [2.75, 3.05) is 0 Å². The van der Waals surface area contributed by atoms with Gasteiger partial charge in [-0.1, -0.05) is 6.92 Å². The predicted octanol–water partition coefficient (Wildman–Crippen LogP) is 2.93. The van der Waals surface area contributed by atoms with Crippen LogP contribution in [0.25, 0.3) is 0 Å². The van der Waals surface area contributed by atoms with Crippen LogP contribution in [0.2, 0.25) is 0 Å². The maximum absolute atomic E-state index is 4.93. The molecule has 8 heavy (non-hydrogen) atoms. The molecule has 0 aromatic heterocycles. The molecule has 0 unspecified atom stereocenters. The Bertz CT molecular complexity index is 61.4. The summed E-state index contributed by atoms with van der Waals surface area (Å²) >= 11 is -0.472. The van der Waals surface area contributed by atoms with Gasteiger partial charge in [0.25, 0.3) is 0 Å². The van der Waals surface area contributed by atoms with Gasteiger partial charge in [0.2, 0.25) is 0 Å². The minimum atomic E-state index is -0.472. The van der Waals surface area contributed by atoms with E-state index in [9.17, 15) is 0 Å². The van der Waals surface area contributed by atoms with E-state index < -0.39 is 16.5 Å². The average Bonchev–Trinajstić information content (AvgIpc) is 1.71. The molecule has 0 radical (unpaired) electrons. The van der Waals surface area contributed by atoms with Crippen LogP contribution in [0.3, 0.4) is 0 Å². The predicted molar refractivity (Wildman–Crippen MR) is 35.4 cm³/mol. The Labute approximate surface area is 67.0 Å². The molecule has 3 heteroatoms. The Morgan fingerprint density at radius 1 is 1.50 bits per heavy atom. The van der Waals surface area contributed by atoms with Crippen LogP contribution >= 0.6 is 18.8 Å². The third-order valence-corrected chi connectivity index (χ3v) is 0.304. The molecule has 0 atom stereocenters. The molecule has 0 aliphatic carbocycles. The summed E-state index contributed by atoms with van der Waals surface area (Å²) in [5.74, 6) is 0. The van der Waals surface area contributed by atoms with E-state index >= 15 is 0 Å². The van der Waals surface area contributed by atoms with Gasteiger partial charge in [-0.15, -0.1) is 0 Å². The van der Waals surface area contributed by atoms with E-state index in [1.165, 1.54) is 6.08 Å². The number of hydrogen-bond acceptors (Lipinski definition) is 0. The van der Waals surface area contributed by atoms with Crippen LogP contribution < -0.4 is 0 Å². The standard InChI is InChI=1S/C5H7.2ClH.Pt/c1-3-5-4-2;;;/h1,3-5H,2H3;2*1H;/q-1;;;+2/p-2. The Morgan fingerprint density at radius 2 is 1.88 bits per heavy atom. The van der Waals surface area contributed by atoms with Gasteiger partial charge in [-0.3, -0.25) is 6.58 Å². The first-order valence-electron chi connectivity index (χ1n) is 1.82. The van der Waals surface area contributed by atoms with E-state index in [2.05, 4.69) is 0 Å². The molecule has 0 saturated carbocycles. The first-order valence-corrected chi connectivity index (χ1v) is 7.45. The fourth-order valence-electron chi connectivity index (χ4n) is 0.111. The summed E-state index contributed by atoms with van der Waals surface area (Å²) in [4.78, 5) is 0. The van der Waals surface area contributed by atoms with Crippen molar-refractivity contribution >= 4 is 18.8 Å². The Hall–Kier alpha value is 0.748. The first-order chi connectivity index (χ1) is 3.83. The molecule has 0 rings (SSSR count). The Balaban J connectivity index is 0. The van der Waals surface area contributed by atoms with Gasteiger partial charge in [0, 0.05) is 0 Å². The van der Waals surface area contributed by atoms with Crippen molar-refractivity contribution in [3.63, 3.8) is 0 Å². The molecular formula is C5H7Cl2Pt-. The van der Waals surface area contributed by atoms with Gasteiger partial charge < -0.3 is 0 Å². The summed E-state index contributed by atoms with van der Waals surface area (Å²) in [7, 11) is 9.75. The second kappa shape index (κ2) is 15.7.